The van der Waals surface area contributed by atoms with E-state index >= 15 is 0 Å². The standard InChI is InChI=1S/C14H15ClO/c1-10(2)11(8-15)7-12-9-16-14-6-4-3-5-13(12)14/h3-7,9-10H,8H2,1-2H3/b11-7+. The molecule has 0 amide bonds. The molecule has 2 heteroatoms. The summed E-state index contributed by atoms with van der Waals surface area (Å²) >= 11 is 5.93. The van der Waals surface area contributed by atoms with E-state index in [4.69, 9.17) is 16.0 Å². The Morgan fingerprint density at radius 3 is 2.81 bits per heavy atom. The van der Waals surface area contributed by atoms with E-state index in [9.17, 15) is 0 Å². The monoisotopic (exact) mass is 234 g/mol. The summed E-state index contributed by atoms with van der Waals surface area (Å²) in [5.41, 5.74) is 3.26. The highest BCUT2D eigenvalue weighted by Crippen LogP contribution is 2.25. The maximum atomic E-state index is 5.93. The van der Waals surface area contributed by atoms with Gasteiger partial charge in [-0.25, -0.2) is 0 Å². The van der Waals surface area contributed by atoms with Gasteiger partial charge in [0.25, 0.3) is 0 Å². The summed E-state index contributed by atoms with van der Waals surface area (Å²) in [5, 5.41) is 1.14. The van der Waals surface area contributed by atoms with Crippen molar-refractivity contribution in [2.45, 2.75) is 13.8 Å². The van der Waals surface area contributed by atoms with Gasteiger partial charge in [-0.15, -0.1) is 11.6 Å². The summed E-state index contributed by atoms with van der Waals surface area (Å²) in [6.07, 6.45) is 3.92. The molecule has 1 aromatic heterocycles. The number of hydrogen-bond donors (Lipinski definition) is 0. The van der Waals surface area contributed by atoms with Gasteiger partial charge in [-0.3, -0.25) is 0 Å². The first-order valence-corrected chi connectivity index (χ1v) is 5.98. The van der Waals surface area contributed by atoms with Gasteiger partial charge in [-0.05, 0) is 12.0 Å². The summed E-state index contributed by atoms with van der Waals surface area (Å²) < 4.78 is 5.49. The molecular formula is C14H15ClO. The maximum absolute atomic E-state index is 5.93. The van der Waals surface area contributed by atoms with E-state index in [1.54, 1.807) is 6.26 Å². The number of hydrogen-bond acceptors (Lipinski definition) is 1. The van der Waals surface area contributed by atoms with Crippen molar-refractivity contribution in [3.05, 3.63) is 41.7 Å². The summed E-state index contributed by atoms with van der Waals surface area (Å²) in [7, 11) is 0. The van der Waals surface area contributed by atoms with Crippen molar-refractivity contribution in [2.24, 2.45) is 5.92 Å². The normalized spacial score (nSPS) is 12.6. The lowest BCUT2D eigenvalue weighted by atomic mass is 10.0. The summed E-state index contributed by atoms with van der Waals surface area (Å²) in [6.45, 7) is 4.30. The Kier molecular flexibility index (Phi) is 3.35. The van der Waals surface area contributed by atoms with Gasteiger partial charge in [0.15, 0.2) is 0 Å². The minimum atomic E-state index is 0.464. The third kappa shape index (κ3) is 2.14. The maximum Gasteiger partial charge on any atom is 0.134 e. The Labute approximate surface area is 101 Å². The molecule has 0 unspecified atom stereocenters. The van der Waals surface area contributed by atoms with Gasteiger partial charge < -0.3 is 4.42 Å². The molecule has 0 aliphatic rings. The molecule has 0 aliphatic carbocycles. The number of benzene rings is 1. The van der Waals surface area contributed by atoms with Crippen molar-refractivity contribution in [1.29, 1.82) is 0 Å². The molecule has 1 heterocycles. The van der Waals surface area contributed by atoms with Gasteiger partial charge in [0, 0.05) is 16.8 Å². The molecule has 0 fully saturated rings. The van der Waals surface area contributed by atoms with Crippen molar-refractivity contribution in [3.8, 4) is 0 Å². The highest BCUT2D eigenvalue weighted by molar-refractivity contribution is 6.19. The zero-order valence-corrected chi connectivity index (χ0v) is 10.3. The van der Waals surface area contributed by atoms with Gasteiger partial charge in [0.1, 0.15) is 5.58 Å². The lowest BCUT2D eigenvalue weighted by Gasteiger charge is -2.06. The van der Waals surface area contributed by atoms with Crippen molar-refractivity contribution < 1.29 is 4.42 Å². The Balaban J connectivity index is 2.48. The molecular weight excluding hydrogens is 220 g/mol. The zero-order valence-electron chi connectivity index (χ0n) is 9.53. The van der Waals surface area contributed by atoms with E-state index in [0.29, 0.717) is 11.8 Å². The van der Waals surface area contributed by atoms with Crippen LogP contribution in [0.2, 0.25) is 0 Å². The molecule has 16 heavy (non-hydrogen) atoms. The quantitative estimate of drug-likeness (QED) is 0.701. The fourth-order valence-electron chi connectivity index (χ4n) is 1.67. The van der Waals surface area contributed by atoms with Crippen LogP contribution in [0.5, 0.6) is 0 Å². The number of furan rings is 1. The lowest BCUT2D eigenvalue weighted by molar-refractivity contribution is 0.615. The van der Waals surface area contributed by atoms with E-state index in [1.165, 1.54) is 5.57 Å². The number of rotatable bonds is 3. The van der Waals surface area contributed by atoms with Crippen molar-refractivity contribution in [1.82, 2.24) is 0 Å². The molecule has 2 rings (SSSR count). The molecule has 0 spiro atoms. The molecule has 0 atom stereocenters. The average molecular weight is 235 g/mol. The van der Waals surface area contributed by atoms with Gasteiger partial charge in [-0.2, -0.15) is 0 Å². The molecule has 0 bridgehead atoms. The van der Waals surface area contributed by atoms with Crippen LogP contribution in [0, 0.1) is 5.92 Å². The number of fused-ring (bicyclic) bond motifs is 1. The van der Waals surface area contributed by atoms with Crippen LogP contribution in [0.4, 0.5) is 0 Å². The highest BCUT2D eigenvalue weighted by Gasteiger charge is 2.06. The molecule has 0 radical (unpaired) electrons. The van der Waals surface area contributed by atoms with Crippen LogP contribution in [0.1, 0.15) is 19.4 Å². The van der Waals surface area contributed by atoms with E-state index < -0.39 is 0 Å². The highest BCUT2D eigenvalue weighted by atomic mass is 35.5. The fraction of sp³-hybridized carbons (Fsp3) is 0.286. The molecule has 84 valence electrons. The second-order valence-electron chi connectivity index (χ2n) is 4.19. The third-order valence-electron chi connectivity index (χ3n) is 2.75. The van der Waals surface area contributed by atoms with Crippen molar-refractivity contribution in [3.63, 3.8) is 0 Å². The van der Waals surface area contributed by atoms with E-state index in [-0.39, 0.29) is 0 Å². The number of para-hydroxylation sites is 1. The van der Waals surface area contributed by atoms with Gasteiger partial charge in [0.2, 0.25) is 0 Å². The summed E-state index contributed by atoms with van der Waals surface area (Å²) in [5.74, 6) is 1.03. The van der Waals surface area contributed by atoms with Crippen LogP contribution >= 0.6 is 11.6 Å². The van der Waals surface area contributed by atoms with E-state index in [0.717, 1.165) is 16.5 Å². The molecule has 0 aliphatic heterocycles. The molecule has 2 aromatic rings. The smallest absolute Gasteiger partial charge is 0.134 e. The SMILES string of the molecule is CC(C)/C(=C/c1coc2ccccc12)CCl. The Morgan fingerprint density at radius 1 is 1.38 bits per heavy atom. The Morgan fingerprint density at radius 2 is 2.12 bits per heavy atom. The fourth-order valence-corrected chi connectivity index (χ4v) is 2.06. The first-order valence-electron chi connectivity index (χ1n) is 5.45. The molecule has 0 saturated heterocycles. The largest absolute Gasteiger partial charge is 0.464 e. The first kappa shape index (κ1) is 11.3. The van der Waals surface area contributed by atoms with Crippen LogP contribution in [0.3, 0.4) is 0 Å². The Hall–Kier alpha value is -1.21. The minimum Gasteiger partial charge on any atom is -0.464 e. The van der Waals surface area contributed by atoms with E-state index in [2.05, 4.69) is 26.0 Å². The molecule has 1 aromatic carbocycles. The average Bonchev–Trinajstić information content (AvgIpc) is 2.69. The molecule has 0 saturated carbocycles. The van der Waals surface area contributed by atoms with E-state index in [1.807, 2.05) is 18.2 Å². The van der Waals surface area contributed by atoms with Crippen molar-refractivity contribution in [2.75, 3.05) is 5.88 Å². The van der Waals surface area contributed by atoms with Gasteiger partial charge in [-0.1, -0.05) is 43.7 Å². The second-order valence-corrected chi connectivity index (χ2v) is 4.46. The summed E-state index contributed by atoms with van der Waals surface area (Å²) in [6, 6.07) is 8.04. The number of alkyl halides is 1. The lowest BCUT2D eigenvalue weighted by Crippen LogP contribution is -1.94. The third-order valence-corrected chi connectivity index (χ3v) is 3.06. The Bertz CT molecular complexity index is 508. The minimum absolute atomic E-state index is 0.464. The van der Waals surface area contributed by atoms with Gasteiger partial charge in [0.05, 0.1) is 6.26 Å². The molecule has 1 nitrogen and oxygen atoms in total. The molecule has 0 N–H and O–H groups in total. The van der Waals surface area contributed by atoms with Gasteiger partial charge >= 0.3 is 0 Å². The van der Waals surface area contributed by atoms with Crippen molar-refractivity contribution >= 4 is 28.6 Å². The first-order chi connectivity index (χ1) is 7.72. The van der Waals surface area contributed by atoms with Crippen LogP contribution in [-0.2, 0) is 0 Å². The van der Waals surface area contributed by atoms with Crippen LogP contribution in [-0.4, -0.2) is 5.88 Å². The number of halogens is 1. The summed E-state index contributed by atoms with van der Waals surface area (Å²) in [4.78, 5) is 0. The number of allylic oxidation sites excluding steroid dienone is 1. The van der Waals surface area contributed by atoms with Crippen LogP contribution in [0.25, 0.3) is 17.0 Å². The predicted molar refractivity (Wildman–Crippen MR) is 69.7 cm³/mol. The second kappa shape index (κ2) is 4.75. The van der Waals surface area contributed by atoms with Crippen LogP contribution in [0.15, 0.2) is 40.5 Å². The topological polar surface area (TPSA) is 13.1 Å². The zero-order chi connectivity index (χ0) is 11.5. The predicted octanol–water partition coefficient (Wildman–Crippen LogP) is 4.71. The van der Waals surface area contributed by atoms with Crippen LogP contribution < -0.4 is 0 Å².